The van der Waals surface area contributed by atoms with Gasteiger partial charge in [0, 0.05) is 18.8 Å². The van der Waals surface area contributed by atoms with E-state index in [0.29, 0.717) is 18.8 Å². The van der Waals surface area contributed by atoms with Gasteiger partial charge in [-0.15, -0.1) is 0 Å². The number of hydrogen-bond acceptors (Lipinski definition) is 3. The summed E-state index contributed by atoms with van der Waals surface area (Å²) >= 11 is 0. The highest BCUT2D eigenvalue weighted by Gasteiger charge is 2.29. The SMILES string of the molecule is Cc1cc(C(=O)N(CCc2ccccc2)[C@H]2CCOC2)n[nH]1. The predicted molar refractivity (Wildman–Crippen MR) is 83.7 cm³/mol. The summed E-state index contributed by atoms with van der Waals surface area (Å²) in [5.74, 6) is -0.0178. The molecule has 1 aliphatic heterocycles. The molecule has 2 heterocycles. The number of nitrogens with zero attached hydrogens (tertiary/aromatic N) is 2. The molecule has 1 N–H and O–H groups in total. The molecule has 1 aliphatic rings. The summed E-state index contributed by atoms with van der Waals surface area (Å²) < 4.78 is 5.46. The molecule has 0 unspecified atom stereocenters. The minimum Gasteiger partial charge on any atom is -0.379 e. The number of rotatable bonds is 5. The maximum Gasteiger partial charge on any atom is 0.274 e. The van der Waals surface area contributed by atoms with Crippen LogP contribution < -0.4 is 0 Å². The average Bonchev–Trinajstić information content (AvgIpc) is 3.20. The Kier molecular flexibility index (Phi) is 4.53. The second-order valence-corrected chi connectivity index (χ2v) is 5.69. The third-order valence-corrected chi connectivity index (χ3v) is 4.02. The van der Waals surface area contributed by atoms with Crippen LogP contribution in [0.2, 0.25) is 0 Å². The van der Waals surface area contributed by atoms with Gasteiger partial charge >= 0.3 is 0 Å². The van der Waals surface area contributed by atoms with Gasteiger partial charge in [-0.3, -0.25) is 9.89 Å². The van der Waals surface area contributed by atoms with Crippen LogP contribution in [0.15, 0.2) is 36.4 Å². The fourth-order valence-corrected chi connectivity index (χ4v) is 2.79. The van der Waals surface area contributed by atoms with Crippen molar-refractivity contribution in [2.75, 3.05) is 19.8 Å². The van der Waals surface area contributed by atoms with Crippen LogP contribution in [0.4, 0.5) is 0 Å². The second-order valence-electron chi connectivity index (χ2n) is 5.69. The Bertz CT molecular complexity index is 618. The second kappa shape index (κ2) is 6.75. The van der Waals surface area contributed by atoms with Crippen molar-refractivity contribution in [1.82, 2.24) is 15.1 Å². The zero-order valence-corrected chi connectivity index (χ0v) is 12.8. The number of nitrogens with one attached hydrogen (secondary N) is 1. The molecular formula is C17H21N3O2. The smallest absolute Gasteiger partial charge is 0.274 e. The minimum atomic E-state index is -0.0178. The van der Waals surface area contributed by atoms with Crippen molar-refractivity contribution in [2.24, 2.45) is 0 Å². The van der Waals surface area contributed by atoms with Crippen LogP contribution in [0.1, 0.15) is 28.2 Å². The molecule has 0 spiro atoms. The number of benzene rings is 1. The Hall–Kier alpha value is -2.14. The lowest BCUT2D eigenvalue weighted by molar-refractivity contribution is 0.0650. The van der Waals surface area contributed by atoms with Crippen molar-refractivity contribution in [3.05, 3.63) is 53.3 Å². The largest absolute Gasteiger partial charge is 0.379 e. The van der Waals surface area contributed by atoms with E-state index >= 15 is 0 Å². The van der Waals surface area contributed by atoms with Crippen LogP contribution in [0, 0.1) is 6.92 Å². The molecule has 3 rings (SSSR count). The van der Waals surface area contributed by atoms with Gasteiger partial charge in [0.05, 0.1) is 12.6 Å². The topological polar surface area (TPSA) is 58.2 Å². The first kappa shape index (κ1) is 14.8. The zero-order valence-electron chi connectivity index (χ0n) is 12.8. The molecule has 1 aromatic carbocycles. The Labute approximate surface area is 130 Å². The van der Waals surface area contributed by atoms with Crippen LogP contribution in [0.5, 0.6) is 0 Å². The van der Waals surface area contributed by atoms with E-state index in [9.17, 15) is 4.79 Å². The Morgan fingerprint density at radius 1 is 1.41 bits per heavy atom. The Morgan fingerprint density at radius 2 is 2.23 bits per heavy atom. The van der Waals surface area contributed by atoms with Gasteiger partial charge in [-0.2, -0.15) is 5.10 Å². The molecule has 2 aromatic rings. The van der Waals surface area contributed by atoms with Crippen molar-refractivity contribution in [1.29, 1.82) is 0 Å². The highest BCUT2D eigenvalue weighted by Crippen LogP contribution is 2.16. The van der Waals surface area contributed by atoms with E-state index in [4.69, 9.17) is 4.74 Å². The van der Waals surface area contributed by atoms with Crippen LogP contribution in [0.3, 0.4) is 0 Å². The summed E-state index contributed by atoms with van der Waals surface area (Å²) in [5.41, 5.74) is 2.61. The Morgan fingerprint density at radius 3 is 2.86 bits per heavy atom. The highest BCUT2D eigenvalue weighted by atomic mass is 16.5. The highest BCUT2D eigenvalue weighted by molar-refractivity contribution is 5.92. The van der Waals surface area contributed by atoms with E-state index < -0.39 is 0 Å². The summed E-state index contributed by atoms with van der Waals surface area (Å²) in [4.78, 5) is 14.7. The first-order valence-electron chi connectivity index (χ1n) is 7.68. The maximum atomic E-state index is 12.8. The van der Waals surface area contributed by atoms with Crippen LogP contribution in [-0.2, 0) is 11.2 Å². The first-order chi connectivity index (χ1) is 10.7. The molecule has 22 heavy (non-hydrogen) atoms. The number of H-pyrrole nitrogens is 1. The lowest BCUT2D eigenvalue weighted by Crippen LogP contribution is -2.42. The van der Waals surface area contributed by atoms with Gasteiger partial charge in [-0.05, 0) is 31.4 Å². The van der Waals surface area contributed by atoms with E-state index in [2.05, 4.69) is 22.3 Å². The van der Waals surface area contributed by atoms with Crippen molar-refractivity contribution >= 4 is 5.91 Å². The number of aromatic amines is 1. The number of aryl methyl sites for hydroxylation is 1. The lowest BCUT2D eigenvalue weighted by Gasteiger charge is -2.27. The summed E-state index contributed by atoms with van der Waals surface area (Å²) in [6.07, 6.45) is 1.73. The molecule has 0 aliphatic carbocycles. The molecule has 1 atom stereocenters. The molecular weight excluding hydrogens is 278 g/mol. The molecule has 5 heteroatoms. The normalized spacial score (nSPS) is 17.6. The minimum absolute atomic E-state index is 0.0178. The van der Waals surface area contributed by atoms with E-state index in [1.165, 1.54) is 5.56 Å². The molecule has 0 saturated carbocycles. The monoisotopic (exact) mass is 299 g/mol. The number of amides is 1. The number of aromatic nitrogens is 2. The molecule has 0 bridgehead atoms. The number of ether oxygens (including phenoxy) is 1. The van der Waals surface area contributed by atoms with E-state index in [0.717, 1.165) is 25.1 Å². The van der Waals surface area contributed by atoms with Crippen LogP contribution >= 0.6 is 0 Å². The van der Waals surface area contributed by atoms with E-state index in [1.807, 2.05) is 30.0 Å². The summed E-state index contributed by atoms with van der Waals surface area (Å²) in [6.45, 7) is 3.92. The summed E-state index contributed by atoms with van der Waals surface area (Å²) in [6, 6.07) is 12.2. The summed E-state index contributed by atoms with van der Waals surface area (Å²) in [7, 11) is 0. The third-order valence-electron chi connectivity index (χ3n) is 4.02. The van der Waals surface area contributed by atoms with Crippen molar-refractivity contribution in [2.45, 2.75) is 25.8 Å². The fourth-order valence-electron chi connectivity index (χ4n) is 2.79. The van der Waals surface area contributed by atoms with Gasteiger partial charge in [-0.1, -0.05) is 30.3 Å². The third kappa shape index (κ3) is 3.36. The first-order valence-corrected chi connectivity index (χ1v) is 7.68. The molecule has 1 aromatic heterocycles. The average molecular weight is 299 g/mol. The van der Waals surface area contributed by atoms with Crippen LogP contribution in [0.25, 0.3) is 0 Å². The standard InChI is InChI=1S/C17H21N3O2/c1-13-11-16(19-18-13)17(21)20(15-8-10-22-12-15)9-7-14-5-3-2-4-6-14/h2-6,11,15H,7-10,12H2,1H3,(H,18,19)/t15-/m0/s1. The van der Waals surface area contributed by atoms with Gasteiger partial charge in [0.25, 0.3) is 5.91 Å². The van der Waals surface area contributed by atoms with Crippen molar-refractivity contribution in [3.63, 3.8) is 0 Å². The number of hydrogen-bond donors (Lipinski definition) is 1. The molecule has 0 radical (unpaired) electrons. The number of carbonyl (C=O) groups is 1. The van der Waals surface area contributed by atoms with Gasteiger partial charge in [-0.25, -0.2) is 0 Å². The van der Waals surface area contributed by atoms with Gasteiger partial charge in [0.15, 0.2) is 0 Å². The van der Waals surface area contributed by atoms with Crippen LogP contribution in [-0.4, -0.2) is 46.8 Å². The lowest BCUT2D eigenvalue weighted by atomic mass is 10.1. The quantitative estimate of drug-likeness (QED) is 0.920. The molecule has 1 saturated heterocycles. The molecule has 5 nitrogen and oxygen atoms in total. The van der Waals surface area contributed by atoms with E-state index in [-0.39, 0.29) is 11.9 Å². The fraction of sp³-hybridized carbons (Fsp3) is 0.412. The molecule has 1 fully saturated rings. The van der Waals surface area contributed by atoms with E-state index in [1.54, 1.807) is 6.07 Å². The van der Waals surface area contributed by atoms with Gasteiger partial charge in [0.1, 0.15) is 5.69 Å². The molecule has 116 valence electrons. The van der Waals surface area contributed by atoms with Gasteiger partial charge < -0.3 is 9.64 Å². The van der Waals surface area contributed by atoms with Crippen molar-refractivity contribution < 1.29 is 9.53 Å². The Balaban J connectivity index is 1.73. The molecule has 1 amide bonds. The summed E-state index contributed by atoms with van der Waals surface area (Å²) in [5, 5.41) is 6.95. The maximum absolute atomic E-state index is 12.8. The zero-order chi connectivity index (χ0) is 15.4. The predicted octanol–water partition coefficient (Wildman–Crippen LogP) is 2.19. The van der Waals surface area contributed by atoms with Crippen molar-refractivity contribution in [3.8, 4) is 0 Å². The van der Waals surface area contributed by atoms with Gasteiger partial charge in [0.2, 0.25) is 0 Å². The number of carbonyl (C=O) groups excluding carboxylic acids is 1.